The van der Waals surface area contributed by atoms with E-state index in [0.29, 0.717) is 17.4 Å². The number of aldehydes is 1. The average Bonchev–Trinajstić information content (AvgIpc) is 2.22. The first-order valence-corrected chi connectivity index (χ1v) is 4.61. The van der Waals surface area contributed by atoms with Gasteiger partial charge in [-0.1, -0.05) is 12.2 Å². The Morgan fingerprint density at radius 1 is 1.50 bits per heavy atom. The van der Waals surface area contributed by atoms with Crippen LogP contribution in [-0.4, -0.2) is 11.2 Å². The summed E-state index contributed by atoms with van der Waals surface area (Å²) >= 11 is 0. The van der Waals surface area contributed by atoms with Gasteiger partial charge in [-0.05, 0) is 18.6 Å². The van der Waals surface area contributed by atoms with Crippen LogP contribution in [0.3, 0.4) is 0 Å². The van der Waals surface area contributed by atoms with Crippen molar-refractivity contribution in [1.82, 2.24) is 0 Å². The van der Waals surface area contributed by atoms with Gasteiger partial charge in [0, 0.05) is 12.0 Å². The summed E-state index contributed by atoms with van der Waals surface area (Å²) < 4.78 is 13.1. The maximum absolute atomic E-state index is 13.1. The smallest absolute Gasteiger partial charge is 0.275 e. The molecule has 0 saturated heterocycles. The van der Waals surface area contributed by atoms with Crippen LogP contribution in [0.2, 0.25) is 0 Å². The van der Waals surface area contributed by atoms with Crippen molar-refractivity contribution < 1.29 is 14.1 Å². The minimum atomic E-state index is -0.664. The van der Waals surface area contributed by atoms with Crippen molar-refractivity contribution in [2.45, 2.75) is 13.3 Å². The van der Waals surface area contributed by atoms with Crippen molar-refractivity contribution in [1.29, 1.82) is 0 Å². The highest BCUT2D eigenvalue weighted by Crippen LogP contribution is 2.24. The summed E-state index contributed by atoms with van der Waals surface area (Å²) in [5.41, 5.74) is 0.535. The molecule has 0 fully saturated rings. The topological polar surface area (TPSA) is 60.2 Å². The molecule has 1 aromatic rings. The van der Waals surface area contributed by atoms with Crippen LogP contribution in [-0.2, 0) is 4.79 Å². The number of allylic oxidation sites excluding steroid dienone is 1. The van der Waals surface area contributed by atoms with Crippen LogP contribution in [0, 0.1) is 22.9 Å². The van der Waals surface area contributed by atoms with Gasteiger partial charge in [-0.15, -0.1) is 0 Å². The Bertz CT molecular complexity index is 455. The van der Waals surface area contributed by atoms with Crippen molar-refractivity contribution in [3.8, 4) is 0 Å². The van der Waals surface area contributed by atoms with E-state index < -0.39 is 10.7 Å². The molecule has 0 N–H and O–H groups in total. The molecule has 0 saturated carbocycles. The van der Waals surface area contributed by atoms with Gasteiger partial charge >= 0.3 is 0 Å². The molecule has 0 radical (unpaired) electrons. The summed E-state index contributed by atoms with van der Waals surface area (Å²) in [6, 6.07) is 2.08. The zero-order chi connectivity index (χ0) is 12.1. The van der Waals surface area contributed by atoms with Gasteiger partial charge in [-0.3, -0.25) is 10.1 Å². The van der Waals surface area contributed by atoms with Gasteiger partial charge in [0.2, 0.25) is 0 Å². The molecule has 0 unspecified atom stereocenters. The minimum absolute atomic E-state index is 0.198. The average molecular weight is 223 g/mol. The Morgan fingerprint density at radius 3 is 2.75 bits per heavy atom. The number of nitro benzene ring substituents is 1. The minimum Gasteiger partial charge on any atom is -0.303 e. The molecule has 4 nitrogen and oxygen atoms in total. The Balaban J connectivity index is 3.18. The van der Waals surface area contributed by atoms with Gasteiger partial charge in [0.15, 0.2) is 0 Å². The van der Waals surface area contributed by atoms with E-state index in [-0.39, 0.29) is 12.1 Å². The molecule has 0 spiro atoms. The van der Waals surface area contributed by atoms with E-state index in [1.54, 1.807) is 0 Å². The zero-order valence-corrected chi connectivity index (χ0v) is 8.64. The third-order valence-electron chi connectivity index (χ3n) is 2.11. The fraction of sp³-hybridized carbons (Fsp3) is 0.182. The summed E-state index contributed by atoms with van der Waals surface area (Å²) in [5, 5.41) is 10.6. The molecule has 84 valence electrons. The van der Waals surface area contributed by atoms with Crippen LogP contribution >= 0.6 is 0 Å². The zero-order valence-electron chi connectivity index (χ0n) is 8.64. The summed E-state index contributed by atoms with van der Waals surface area (Å²) in [6.45, 7) is 1.54. The second-order valence-electron chi connectivity index (χ2n) is 3.20. The molecule has 0 aliphatic rings. The second kappa shape index (κ2) is 5.16. The normalized spacial score (nSPS) is 10.6. The standard InChI is InChI=1S/C11H10FNO3/c1-8-9(4-2-3-5-14)6-10(12)7-11(8)13(15)16/h2,4-7H,3H2,1H3. The highest BCUT2D eigenvalue weighted by atomic mass is 19.1. The molecular formula is C11H10FNO3. The summed E-state index contributed by atoms with van der Waals surface area (Å²) in [6.07, 6.45) is 3.92. The van der Waals surface area contributed by atoms with E-state index >= 15 is 0 Å². The number of hydrogen-bond donors (Lipinski definition) is 0. The van der Waals surface area contributed by atoms with Gasteiger partial charge in [0.1, 0.15) is 12.1 Å². The molecule has 0 aliphatic heterocycles. The van der Waals surface area contributed by atoms with Crippen LogP contribution < -0.4 is 0 Å². The maximum Gasteiger partial charge on any atom is 0.275 e. The maximum atomic E-state index is 13.1. The Labute approximate surface area is 91.5 Å². The Kier molecular flexibility index (Phi) is 3.88. The first kappa shape index (κ1) is 12.0. The van der Waals surface area contributed by atoms with Crippen LogP contribution in [0.5, 0.6) is 0 Å². The lowest BCUT2D eigenvalue weighted by Crippen LogP contribution is -1.95. The van der Waals surface area contributed by atoms with Crippen molar-refractivity contribution in [2.24, 2.45) is 0 Å². The van der Waals surface area contributed by atoms with E-state index in [4.69, 9.17) is 0 Å². The molecule has 16 heavy (non-hydrogen) atoms. The molecule has 0 bridgehead atoms. The predicted molar refractivity (Wildman–Crippen MR) is 57.5 cm³/mol. The van der Waals surface area contributed by atoms with Crippen molar-refractivity contribution in [3.63, 3.8) is 0 Å². The highest BCUT2D eigenvalue weighted by molar-refractivity contribution is 5.62. The van der Waals surface area contributed by atoms with Crippen LogP contribution in [0.1, 0.15) is 17.5 Å². The molecule has 1 rings (SSSR count). The third-order valence-corrected chi connectivity index (χ3v) is 2.11. The van der Waals surface area contributed by atoms with Gasteiger partial charge in [0.25, 0.3) is 5.69 Å². The van der Waals surface area contributed by atoms with E-state index in [2.05, 4.69) is 0 Å². The monoisotopic (exact) mass is 223 g/mol. The third kappa shape index (κ3) is 2.73. The van der Waals surface area contributed by atoms with Crippen LogP contribution in [0.15, 0.2) is 18.2 Å². The molecule has 1 aromatic carbocycles. The summed E-state index contributed by atoms with van der Waals surface area (Å²) in [5.74, 6) is -0.664. The van der Waals surface area contributed by atoms with E-state index in [9.17, 15) is 19.3 Å². The number of carbonyl (C=O) groups is 1. The van der Waals surface area contributed by atoms with Crippen molar-refractivity contribution in [2.75, 3.05) is 0 Å². The number of rotatable bonds is 4. The van der Waals surface area contributed by atoms with E-state index in [0.717, 1.165) is 6.07 Å². The fourth-order valence-corrected chi connectivity index (χ4v) is 1.30. The van der Waals surface area contributed by atoms with Gasteiger partial charge in [-0.25, -0.2) is 4.39 Å². The number of hydrogen-bond acceptors (Lipinski definition) is 3. The van der Waals surface area contributed by atoms with E-state index in [1.165, 1.54) is 25.1 Å². The highest BCUT2D eigenvalue weighted by Gasteiger charge is 2.14. The van der Waals surface area contributed by atoms with Gasteiger partial charge in [-0.2, -0.15) is 0 Å². The van der Waals surface area contributed by atoms with Crippen molar-refractivity contribution >= 4 is 18.0 Å². The lowest BCUT2D eigenvalue weighted by molar-refractivity contribution is -0.385. The number of nitrogens with zero attached hydrogens (tertiary/aromatic N) is 1. The van der Waals surface area contributed by atoms with Gasteiger partial charge < -0.3 is 4.79 Å². The molecule has 5 heteroatoms. The number of nitro groups is 1. The summed E-state index contributed by atoms with van der Waals surface area (Å²) in [4.78, 5) is 20.1. The van der Waals surface area contributed by atoms with Crippen molar-refractivity contribution in [3.05, 3.63) is 45.3 Å². The molecule has 0 aromatic heterocycles. The lowest BCUT2D eigenvalue weighted by atomic mass is 10.1. The SMILES string of the molecule is Cc1c(C=CCC=O)cc(F)cc1[N+](=O)[O-]. The molecule has 0 amide bonds. The van der Waals surface area contributed by atoms with E-state index in [1.807, 2.05) is 0 Å². The fourth-order valence-electron chi connectivity index (χ4n) is 1.30. The Hall–Kier alpha value is -2.04. The number of halogens is 1. The first-order chi connectivity index (χ1) is 7.56. The molecular weight excluding hydrogens is 213 g/mol. The van der Waals surface area contributed by atoms with Crippen LogP contribution in [0.4, 0.5) is 10.1 Å². The lowest BCUT2D eigenvalue weighted by Gasteiger charge is -2.02. The largest absolute Gasteiger partial charge is 0.303 e. The molecule has 0 aliphatic carbocycles. The quantitative estimate of drug-likeness (QED) is 0.448. The molecule has 0 atom stereocenters. The van der Waals surface area contributed by atoms with Crippen LogP contribution in [0.25, 0.3) is 6.08 Å². The molecule has 0 heterocycles. The number of carbonyl (C=O) groups excluding carboxylic acids is 1. The number of benzene rings is 1. The second-order valence-corrected chi connectivity index (χ2v) is 3.20. The Morgan fingerprint density at radius 2 is 2.19 bits per heavy atom. The summed E-state index contributed by atoms with van der Waals surface area (Å²) in [7, 11) is 0. The first-order valence-electron chi connectivity index (χ1n) is 4.61. The predicted octanol–water partition coefficient (Wildman–Crippen LogP) is 2.64. The van der Waals surface area contributed by atoms with Gasteiger partial charge in [0.05, 0.1) is 11.0 Å².